The number of nitrogens with zero attached hydrogens (tertiary/aromatic N) is 5. The zero-order chi connectivity index (χ0) is 16.8. The van der Waals surface area contributed by atoms with E-state index in [-0.39, 0.29) is 0 Å². The van der Waals surface area contributed by atoms with E-state index in [1.165, 1.54) is 11.3 Å². The first-order chi connectivity index (χ1) is 11.8. The van der Waals surface area contributed by atoms with Crippen molar-refractivity contribution in [2.75, 3.05) is 0 Å². The monoisotopic (exact) mass is 397 g/mol. The minimum atomic E-state index is 0.398. The average Bonchev–Trinajstić information content (AvgIpc) is 3.01. The lowest BCUT2D eigenvalue weighted by molar-refractivity contribution is 1.09. The summed E-state index contributed by atoms with van der Waals surface area (Å²) in [4.78, 5) is 12.6. The fraction of sp³-hybridized carbons (Fsp3) is 0.0588. The maximum Gasteiger partial charge on any atom is 0.143 e. The summed E-state index contributed by atoms with van der Waals surface area (Å²) < 4.78 is 1.03. The van der Waals surface area contributed by atoms with Crippen molar-refractivity contribution in [2.45, 2.75) is 6.54 Å². The summed E-state index contributed by atoms with van der Waals surface area (Å²) >= 11 is 4.90. The Morgan fingerprint density at radius 3 is 2.58 bits per heavy atom. The summed E-state index contributed by atoms with van der Waals surface area (Å²) in [5, 5.41) is 4.52. The second-order valence-electron chi connectivity index (χ2n) is 4.84. The Hall–Kier alpha value is -2.47. The van der Waals surface area contributed by atoms with Crippen LogP contribution in [0.4, 0.5) is 5.82 Å². The highest BCUT2D eigenvalue weighted by Gasteiger charge is 2.10. The maximum absolute atomic E-state index is 8.73. The van der Waals surface area contributed by atoms with E-state index in [0.717, 1.165) is 25.5 Å². The van der Waals surface area contributed by atoms with E-state index < -0.39 is 0 Å². The first-order valence-electron chi connectivity index (χ1n) is 7.12. The molecule has 0 N–H and O–H groups in total. The Morgan fingerprint density at radius 2 is 1.88 bits per heavy atom. The molecule has 0 radical (unpaired) electrons. The van der Waals surface area contributed by atoms with Crippen LogP contribution in [-0.2, 0) is 6.54 Å². The summed E-state index contributed by atoms with van der Waals surface area (Å²) in [5.41, 5.74) is 10.7. The molecule has 0 bridgehead atoms. The van der Waals surface area contributed by atoms with Gasteiger partial charge in [-0.1, -0.05) is 58.4 Å². The van der Waals surface area contributed by atoms with Crippen molar-refractivity contribution in [2.24, 2.45) is 10.1 Å². The van der Waals surface area contributed by atoms with Crippen LogP contribution >= 0.6 is 27.3 Å². The van der Waals surface area contributed by atoms with E-state index in [0.29, 0.717) is 12.4 Å². The van der Waals surface area contributed by atoms with Gasteiger partial charge in [-0.05, 0) is 28.3 Å². The smallest absolute Gasteiger partial charge is 0.143 e. The van der Waals surface area contributed by atoms with E-state index in [4.69, 9.17) is 5.53 Å². The van der Waals surface area contributed by atoms with Crippen molar-refractivity contribution in [1.29, 1.82) is 0 Å². The van der Waals surface area contributed by atoms with Gasteiger partial charge in [-0.3, -0.25) is 4.99 Å². The molecule has 0 aliphatic heterocycles. The molecule has 0 unspecified atom stereocenters. The summed E-state index contributed by atoms with van der Waals surface area (Å²) in [5.74, 6) is 0.398. The molecule has 118 valence electrons. The molecular formula is C17H12BrN5S. The van der Waals surface area contributed by atoms with Gasteiger partial charge in [0.1, 0.15) is 10.8 Å². The van der Waals surface area contributed by atoms with Crippen LogP contribution in [0.15, 0.2) is 69.2 Å². The largest absolute Gasteiger partial charge is 0.287 e. The Morgan fingerprint density at radius 1 is 1.12 bits per heavy atom. The van der Waals surface area contributed by atoms with Gasteiger partial charge < -0.3 is 0 Å². The van der Waals surface area contributed by atoms with Crippen molar-refractivity contribution in [3.63, 3.8) is 0 Å². The molecule has 1 aromatic heterocycles. The van der Waals surface area contributed by atoms with Gasteiger partial charge in [0.2, 0.25) is 0 Å². The number of halogens is 1. The topological polar surface area (TPSA) is 74.0 Å². The van der Waals surface area contributed by atoms with Gasteiger partial charge in [0, 0.05) is 21.2 Å². The minimum absolute atomic E-state index is 0.398. The molecule has 24 heavy (non-hydrogen) atoms. The molecule has 0 saturated heterocycles. The number of aromatic nitrogens is 1. The summed E-state index contributed by atoms with van der Waals surface area (Å²) in [6.45, 7) is 0.426. The van der Waals surface area contributed by atoms with Gasteiger partial charge in [-0.15, -0.1) is 11.3 Å². The third-order valence-corrected chi connectivity index (χ3v) is 4.79. The molecule has 5 nitrogen and oxygen atoms in total. The van der Waals surface area contributed by atoms with E-state index in [2.05, 4.69) is 35.9 Å². The van der Waals surface area contributed by atoms with Gasteiger partial charge in [0.25, 0.3) is 0 Å². The molecule has 3 rings (SSSR count). The number of aliphatic imine (C=N–C) groups is 1. The van der Waals surface area contributed by atoms with Crippen LogP contribution in [0.5, 0.6) is 0 Å². The normalized spacial score (nSPS) is 10.7. The second kappa shape index (κ2) is 7.88. The molecular weight excluding hydrogens is 386 g/mol. The molecule has 0 aliphatic rings. The summed E-state index contributed by atoms with van der Waals surface area (Å²) in [6.07, 6.45) is 1.80. The number of hydrogen-bond donors (Lipinski definition) is 0. The number of benzene rings is 2. The molecule has 0 fully saturated rings. The van der Waals surface area contributed by atoms with Crippen LogP contribution < -0.4 is 0 Å². The zero-order valence-electron chi connectivity index (χ0n) is 12.5. The molecule has 7 heteroatoms. The summed E-state index contributed by atoms with van der Waals surface area (Å²) in [6, 6.07) is 17.7. The third kappa shape index (κ3) is 4.08. The Balaban J connectivity index is 1.83. The Kier molecular flexibility index (Phi) is 5.38. The van der Waals surface area contributed by atoms with Gasteiger partial charge in [-0.2, -0.15) is 0 Å². The minimum Gasteiger partial charge on any atom is -0.287 e. The van der Waals surface area contributed by atoms with Crippen LogP contribution in [0, 0.1) is 0 Å². The number of azide groups is 1. The van der Waals surface area contributed by atoms with Gasteiger partial charge in [0.05, 0.1) is 11.4 Å². The number of rotatable bonds is 5. The second-order valence-corrected chi connectivity index (χ2v) is 6.84. The van der Waals surface area contributed by atoms with Crippen molar-refractivity contribution < 1.29 is 0 Å². The lowest BCUT2D eigenvalue weighted by atomic mass is 10.2. The average molecular weight is 398 g/mol. The fourth-order valence-corrected chi connectivity index (χ4v) is 3.25. The highest BCUT2D eigenvalue weighted by molar-refractivity contribution is 9.10. The predicted octanol–water partition coefficient (Wildman–Crippen LogP) is 6.13. The van der Waals surface area contributed by atoms with E-state index >= 15 is 0 Å². The van der Waals surface area contributed by atoms with E-state index in [9.17, 15) is 0 Å². The highest BCUT2D eigenvalue weighted by atomic mass is 79.9. The van der Waals surface area contributed by atoms with Crippen LogP contribution in [0.1, 0.15) is 10.4 Å². The standard InChI is InChI=1S/C17H12BrN5S/c18-14-8-6-12(7-9-14)10-20-11-15-16(22-23-19)21-17(24-15)13-4-2-1-3-5-13/h1-10H,11H2. The van der Waals surface area contributed by atoms with Crippen molar-refractivity contribution in [3.8, 4) is 10.6 Å². The summed E-state index contributed by atoms with van der Waals surface area (Å²) in [7, 11) is 0. The first-order valence-corrected chi connectivity index (χ1v) is 8.73. The molecule has 0 spiro atoms. The quantitative estimate of drug-likeness (QED) is 0.220. The van der Waals surface area contributed by atoms with Crippen molar-refractivity contribution >= 4 is 39.3 Å². The zero-order valence-corrected chi connectivity index (χ0v) is 14.9. The van der Waals surface area contributed by atoms with Crippen LogP contribution in [0.3, 0.4) is 0 Å². The number of hydrogen-bond acceptors (Lipinski definition) is 4. The molecule has 0 amide bonds. The van der Waals surface area contributed by atoms with E-state index in [1.807, 2.05) is 54.6 Å². The van der Waals surface area contributed by atoms with Gasteiger partial charge in [0.15, 0.2) is 0 Å². The molecule has 1 heterocycles. The first kappa shape index (κ1) is 16.4. The van der Waals surface area contributed by atoms with Crippen LogP contribution in [0.25, 0.3) is 21.0 Å². The van der Waals surface area contributed by atoms with E-state index in [1.54, 1.807) is 6.21 Å². The fourth-order valence-electron chi connectivity index (χ4n) is 2.05. The maximum atomic E-state index is 8.73. The number of thiazole rings is 1. The molecule has 2 aromatic carbocycles. The van der Waals surface area contributed by atoms with Crippen LogP contribution in [-0.4, -0.2) is 11.2 Å². The third-order valence-electron chi connectivity index (χ3n) is 3.18. The molecule has 0 saturated carbocycles. The lowest BCUT2D eigenvalue weighted by Gasteiger charge is -1.94. The lowest BCUT2D eigenvalue weighted by Crippen LogP contribution is -1.82. The highest BCUT2D eigenvalue weighted by Crippen LogP contribution is 2.33. The van der Waals surface area contributed by atoms with Crippen molar-refractivity contribution in [1.82, 2.24) is 4.98 Å². The molecule has 0 aliphatic carbocycles. The molecule has 3 aromatic rings. The van der Waals surface area contributed by atoms with Crippen molar-refractivity contribution in [3.05, 3.63) is 80.0 Å². The van der Waals surface area contributed by atoms with Gasteiger partial charge in [-0.25, -0.2) is 4.98 Å². The van der Waals surface area contributed by atoms with Gasteiger partial charge >= 0.3 is 0 Å². The Labute approximate surface area is 151 Å². The SMILES string of the molecule is [N-]=[N+]=Nc1nc(-c2ccccc2)sc1CN=Cc1ccc(Br)cc1. The molecule has 0 atom stereocenters. The predicted molar refractivity (Wildman–Crippen MR) is 102 cm³/mol. The van der Waals surface area contributed by atoms with Crippen LogP contribution in [0.2, 0.25) is 0 Å². The Bertz CT molecular complexity index is 896.